The molecule has 1 amide bonds. The molecule has 9 N–H and O–H groups in total. The normalized spacial score (nSPS) is 27.8. The predicted octanol–water partition coefficient (Wildman–Crippen LogP) is 5.88. The van der Waals surface area contributed by atoms with Crippen molar-refractivity contribution in [1.82, 2.24) is 5.32 Å². The molecule has 0 aromatic heterocycles. The first-order valence-corrected chi connectivity index (χ1v) is 24.5. The molecule has 2 fully saturated rings. The quantitative estimate of drug-likeness (QED) is 0.0265. The Balaban J connectivity index is 1.90. The molecule has 0 saturated carbocycles. The van der Waals surface area contributed by atoms with E-state index in [1.807, 2.05) is 6.08 Å². The summed E-state index contributed by atoms with van der Waals surface area (Å²) in [5.41, 5.74) is 0. The van der Waals surface area contributed by atoms with Crippen molar-refractivity contribution < 1.29 is 64.6 Å². The van der Waals surface area contributed by atoms with Crippen LogP contribution in [0.5, 0.6) is 0 Å². The van der Waals surface area contributed by atoms with Gasteiger partial charge in [-0.1, -0.05) is 145 Å². The van der Waals surface area contributed by atoms with Crippen LogP contribution >= 0.6 is 0 Å². The second kappa shape index (κ2) is 36.8. The number of aliphatic hydroxyl groups excluding tert-OH is 8. The van der Waals surface area contributed by atoms with Crippen LogP contribution in [0.4, 0.5) is 0 Å². The fourth-order valence-electron chi connectivity index (χ4n) is 7.67. The van der Waals surface area contributed by atoms with Gasteiger partial charge < -0.3 is 65.1 Å². The lowest BCUT2D eigenvalue weighted by Gasteiger charge is -2.46. The molecule has 2 aliphatic rings. The lowest BCUT2D eigenvalue weighted by Crippen LogP contribution is -2.65. The Kier molecular flexibility index (Phi) is 33.2. The molecular weight excluding hydrogens is 823 g/mol. The van der Waals surface area contributed by atoms with Crippen molar-refractivity contribution in [3.8, 4) is 0 Å². The van der Waals surface area contributed by atoms with Gasteiger partial charge in [0.1, 0.15) is 48.8 Å². The number of carbonyl (C=O) groups is 1. The Morgan fingerprint density at radius 2 is 1.09 bits per heavy atom. The van der Waals surface area contributed by atoms with Crippen LogP contribution < -0.4 is 5.32 Å². The van der Waals surface area contributed by atoms with Crippen molar-refractivity contribution >= 4 is 5.91 Å². The van der Waals surface area contributed by atoms with Gasteiger partial charge >= 0.3 is 0 Å². The maximum atomic E-state index is 13.1. The molecule has 0 aliphatic carbocycles. The summed E-state index contributed by atoms with van der Waals surface area (Å²) in [7, 11) is 0. The van der Waals surface area contributed by atoms with Crippen LogP contribution in [0.3, 0.4) is 0 Å². The fraction of sp³-hybridized carbons (Fsp3) is 0.780. The van der Waals surface area contributed by atoms with Crippen LogP contribution in [-0.4, -0.2) is 140 Å². The van der Waals surface area contributed by atoms with Crippen LogP contribution in [0.2, 0.25) is 0 Å². The van der Waals surface area contributed by atoms with Gasteiger partial charge in [-0.2, -0.15) is 0 Å². The number of aliphatic hydroxyl groups is 8. The summed E-state index contributed by atoms with van der Waals surface area (Å²) in [6.45, 7) is 2.60. The van der Waals surface area contributed by atoms with Crippen molar-refractivity contribution in [2.24, 2.45) is 0 Å². The first-order valence-electron chi connectivity index (χ1n) is 24.5. The van der Waals surface area contributed by atoms with E-state index >= 15 is 0 Å². The summed E-state index contributed by atoms with van der Waals surface area (Å²) in [5.74, 6) is -0.282. The van der Waals surface area contributed by atoms with Gasteiger partial charge in [0.05, 0.1) is 32.0 Å². The minimum Gasteiger partial charge on any atom is -0.394 e. The maximum Gasteiger partial charge on any atom is 0.220 e. The number of carbonyl (C=O) groups excluding carboxylic acids is 1. The van der Waals surface area contributed by atoms with Crippen LogP contribution in [0.1, 0.15) is 155 Å². The van der Waals surface area contributed by atoms with Crippen LogP contribution in [0, 0.1) is 0 Å². The van der Waals surface area contributed by atoms with Gasteiger partial charge in [0.25, 0.3) is 0 Å². The maximum absolute atomic E-state index is 13.1. The standard InChI is InChI=1S/C50H87NO13/c1-3-5-7-9-11-13-15-17-18-19-20-22-23-25-27-29-31-33-39(54)38(51-42(55)34-32-30-28-26-24-21-16-14-12-10-8-6-4-2)37-61-49-47(60)45(58)48(41(36-53)63-49)64-50-46(59)44(57)43(56)40(35-52)62-50/h6,8,12,14,21,23-25,31,33,38-41,43-50,52-54,56-60H,3-5,7,9-11,13,15-20,22,26-30,32,34-37H2,1-2H3,(H,51,55)/b8-6-,14-12-,24-21-,25-23+,33-31+. The second-order valence-corrected chi connectivity index (χ2v) is 17.2. The molecule has 12 unspecified atom stereocenters. The number of ether oxygens (including phenoxy) is 4. The average molecular weight is 910 g/mol. The minimum absolute atomic E-state index is 0.236. The van der Waals surface area contributed by atoms with E-state index in [0.29, 0.717) is 12.8 Å². The summed E-state index contributed by atoms with van der Waals surface area (Å²) in [6, 6.07) is -0.947. The van der Waals surface area contributed by atoms with Crippen molar-refractivity contribution in [1.29, 1.82) is 0 Å². The van der Waals surface area contributed by atoms with Crippen molar-refractivity contribution in [3.05, 3.63) is 60.8 Å². The van der Waals surface area contributed by atoms with Gasteiger partial charge in [-0.15, -0.1) is 0 Å². The second-order valence-electron chi connectivity index (χ2n) is 17.2. The zero-order valence-corrected chi connectivity index (χ0v) is 39.0. The number of unbranched alkanes of at least 4 members (excludes halogenated alkanes) is 15. The van der Waals surface area contributed by atoms with Gasteiger partial charge in [0, 0.05) is 6.42 Å². The SMILES string of the molecule is CC/C=C\C/C=C\C/C=C\CCCCCC(=O)NC(COC1OC(CO)C(OC2OC(CO)C(O)C(O)C2O)C(O)C1O)C(O)/C=C/CC/C=C/CCCCCCCCCCCCC. The molecule has 0 bridgehead atoms. The Labute approximate surface area is 384 Å². The predicted molar refractivity (Wildman–Crippen MR) is 249 cm³/mol. The van der Waals surface area contributed by atoms with Gasteiger partial charge in [-0.05, 0) is 64.2 Å². The van der Waals surface area contributed by atoms with E-state index in [0.717, 1.165) is 51.4 Å². The first kappa shape index (κ1) is 57.8. The molecule has 2 aliphatic heterocycles. The molecule has 0 spiro atoms. The minimum atomic E-state index is -1.79. The Bertz CT molecular complexity index is 1310. The molecule has 14 heteroatoms. The van der Waals surface area contributed by atoms with Gasteiger partial charge in [-0.3, -0.25) is 4.79 Å². The average Bonchev–Trinajstić information content (AvgIpc) is 3.29. The third-order valence-corrected chi connectivity index (χ3v) is 11.7. The zero-order chi connectivity index (χ0) is 46.8. The van der Waals surface area contributed by atoms with E-state index < -0.39 is 86.8 Å². The molecule has 2 saturated heterocycles. The molecule has 14 nitrogen and oxygen atoms in total. The molecular formula is C50H87NO13. The van der Waals surface area contributed by atoms with E-state index in [4.69, 9.17) is 18.9 Å². The third-order valence-electron chi connectivity index (χ3n) is 11.7. The number of nitrogens with one attached hydrogen (secondary N) is 1. The summed E-state index contributed by atoms with van der Waals surface area (Å²) in [4.78, 5) is 13.1. The fourth-order valence-corrected chi connectivity index (χ4v) is 7.67. The number of allylic oxidation sites excluding steroid dienone is 9. The summed E-state index contributed by atoms with van der Waals surface area (Å²) < 4.78 is 22.6. The van der Waals surface area contributed by atoms with Crippen molar-refractivity contribution in [3.63, 3.8) is 0 Å². The molecule has 12 atom stereocenters. The van der Waals surface area contributed by atoms with Crippen molar-refractivity contribution in [2.45, 2.75) is 229 Å². The van der Waals surface area contributed by atoms with Gasteiger partial charge in [0.15, 0.2) is 12.6 Å². The third kappa shape index (κ3) is 23.9. The van der Waals surface area contributed by atoms with E-state index in [2.05, 4.69) is 67.8 Å². The van der Waals surface area contributed by atoms with E-state index in [9.17, 15) is 45.6 Å². The Morgan fingerprint density at radius 3 is 1.72 bits per heavy atom. The number of amides is 1. The summed E-state index contributed by atoms with van der Waals surface area (Å²) in [6.07, 6.45) is 27.0. The highest BCUT2D eigenvalue weighted by Crippen LogP contribution is 2.30. The molecule has 0 radical (unpaired) electrons. The van der Waals surface area contributed by atoms with Crippen LogP contribution in [0.15, 0.2) is 60.8 Å². The van der Waals surface area contributed by atoms with Crippen molar-refractivity contribution in [2.75, 3.05) is 19.8 Å². The highest BCUT2D eigenvalue weighted by atomic mass is 16.7. The molecule has 0 aromatic carbocycles. The lowest BCUT2D eigenvalue weighted by molar-refractivity contribution is -0.359. The summed E-state index contributed by atoms with van der Waals surface area (Å²) >= 11 is 0. The molecule has 2 heterocycles. The molecule has 370 valence electrons. The van der Waals surface area contributed by atoms with Gasteiger partial charge in [-0.25, -0.2) is 0 Å². The first-order chi connectivity index (χ1) is 31.1. The topological polar surface area (TPSA) is 228 Å². The van der Waals surface area contributed by atoms with Crippen LogP contribution in [-0.2, 0) is 23.7 Å². The summed E-state index contributed by atoms with van der Waals surface area (Å²) in [5, 5.41) is 86.6. The van der Waals surface area contributed by atoms with E-state index in [-0.39, 0.29) is 18.9 Å². The van der Waals surface area contributed by atoms with Crippen LogP contribution in [0.25, 0.3) is 0 Å². The zero-order valence-electron chi connectivity index (χ0n) is 39.0. The highest BCUT2D eigenvalue weighted by molar-refractivity contribution is 5.76. The van der Waals surface area contributed by atoms with E-state index in [1.165, 1.54) is 70.6 Å². The molecule has 0 aromatic rings. The van der Waals surface area contributed by atoms with E-state index in [1.54, 1.807) is 6.08 Å². The largest absolute Gasteiger partial charge is 0.394 e. The Morgan fingerprint density at radius 1 is 0.578 bits per heavy atom. The lowest BCUT2D eigenvalue weighted by atomic mass is 9.97. The number of hydrogen-bond acceptors (Lipinski definition) is 13. The monoisotopic (exact) mass is 910 g/mol. The number of rotatable bonds is 36. The number of hydrogen-bond donors (Lipinski definition) is 9. The molecule has 64 heavy (non-hydrogen) atoms. The molecule has 2 rings (SSSR count). The smallest absolute Gasteiger partial charge is 0.220 e. The highest BCUT2D eigenvalue weighted by Gasteiger charge is 2.51. The van der Waals surface area contributed by atoms with Gasteiger partial charge in [0.2, 0.25) is 5.91 Å². The Hall–Kier alpha value is -2.31.